The number of carbonyl (C=O) groups excluding carboxylic acids is 2. The Morgan fingerprint density at radius 3 is 1.47 bits per heavy atom. The van der Waals surface area contributed by atoms with Gasteiger partial charge in [0.05, 0.1) is 0 Å². The normalized spacial score (nSPS) is 16.3. The van der Waals surface area contributed by atoms with Crippen LogP contribution in [0.3, 0.4) is 0 Å². The Balaban J connectivity index is 0.000000262. The van der Waals surface area contributed by atoms with Gasteiger partial charge in [-0.1, -0.05) is 34.1 Å². The van der Waals surface area contributed by atoms with Gasteiger partial charge < -0.3 is 0 Å². The van der Waals surface area contributed by atoms with Gasteiger partial charge in [0.1, 0.15) is 11.6 Å². The number of ketones is 2. The predicted octanol–water partition coefficient (Wildman–Crippen LogP) is 3.39. The van der Waals surface area contributed by atoms with Gasteiger partial charge in [0.25, 0.3) is 0 Å². The summed E-state index contributed by atoms with van der Waals surface area (Å²) in [5.74, 6) is 1.22. The minimum absolute atomic E-state index is 0.204. The molecule has 1 rings (SSSR count). The topological polar surface area (TPSA) is 34.1 Å². The zero-order chi connectivity index (χ0) is 11.8. The zero-order valence-corrected chi connectivity index (χ0v) is 10.5. The van der Waals surface area contributed by atoms with Crippen molar-refractivity contribution in [1.82, 2.24) is 0 Å². The van der Waals surface area contributed by atoms with Crippen LogP contribution in [0.1, 0.15) is 59.8 Å². The zero-order valence-electron chi connectivity index (χ0n) is 10.5. The van der Waals surface area contributed by atoms with Crippen LogP contribution < -0.4 is 0 Å². The lowest BCUT2D eigenvalue weighted by Crippen LogP contribution is -2.13. The summed E-state index contributed by atoms with van der Waals surface area (Å²) >= 11 is 0. The van der Waals surface area contributed by atoms with Crippen LogP contribution in [0.4, 0.5) is 0 Å². The van der Waals surface area contributed by atoms with Crippen LogP contribution in [-0.2, 0) is 9.59 Å². The molecule has 0 heterocycles. The lowest BCUT2D eigenvalue weighted by molar-refractivity contribution is -0.124. The lowest BCUT2D eigenvalue weighted by Gasteiger charge is -2.05. The first-order valence-corrected chi connectivity index (χ1v) is 6.00. The quantitative estimate of drug-likeness (QED) is 0.703. The van der Waals surface area contributed by atoms with E-state index in [1.165, 1.54) is 6.42 Å². The third-order valence-electron chi connectivity index (χ3n) is 2.55. The summed E-state index contributed by atoms with van der Waals surface area (Å²) in [5, 5.41) is 0. The molecule has 1 aliphatic carbocycles. The number of hydrogen-bond acceptors (Lipinski definition) is 2. The Morgan fingerprint density at radius 1 is 0.933 bits per heavy atom. The van der Waals surface area contributed by atoms with Crippen molar-refractivity contribution in [1.29, 1.82) is 0 Å². The minimum Gasteiger partial charge on any atom is -0.300 e. The van der Waals surface area contributed by atoms with Gasteiger partial charge in [-0.05, 0) is 12.8 Å². The van der Waals surface area contributed by atoms with Crippen molar-refractivity contribution in [2.45, 2.75) is 59.8 Å². The van der Waals surface area contributed by atoms with E-state index in [0.717, 1.165) is 25.7 Å². The molecule has 2 nitrogen and oxygen atoms in total. The van der Waals surface area contributed by atoms with Gasteiger partial charge in [0.15, 0.2) is 0 Å². The van der Waals surface area contributed by atoms with Crippen LogP contribution in [0.5, 0.6) is 0 Å². The minimum atomic E-state index is 0.204. The number of Topliss-reactive ketones (excluding diaryl/α,β-unsaturated/α-hetero) is 2. The van der Waals surface area contributed by atoms with Crippen molar-refractivity contribution >= 4 is 11.6 Å². The molecule has 1 aliphatic rings. The highest BCUT2D eigenvalue weighted by Gasteiger charge is 2.10. The van der Waals surface area contributed by atoms with E-state index >= 15 is 0 Å². The average molecular weight is 212 g/mol. The van der Waals surface area contributed by atoms with Gasteiger partial charge in [0.2, 0.25) is 0 Å². The van der Waals surface area contributed by atoms with E-state index in [0.29, 0.717) is 11.6 Å². The van der Waals surface area contributed by atoms with E-state index < -0.39 is 0 Å². The Labute approximate surface area is 93.4 Å². The second-order valence-corrected chi connectivity index (χ2v) is 4.81. The maximum atomic E-state index is 10.8. The van der Waals surface area contributed by atoms with E-state index in [-0.39, 0.29) is 11.8 Å². The van der Waals surface area contributed by atoms with E-state index in [9.17, 15) is 9.59 Å². The van der Waals surface area contributed by atoms with Gasteiger partial charge in [-0.15, -0.1) is 0 Å². The molecule has 0 aromatic rings. The highest BCUT2D eigenvalue weighted by molar-refractivity contribution is 5.82. The Kier molecular flexibility index (Phi) is 7.27. The molecule has 88 valence electrons. The SMILES string of the molecule is CC(C)C(=O)C(C)C.O=C1CCCCC1. The van der Waals surface area contributed by atoms with Gasteiger partial charge in [-0.2, -0.15) is 0 Å². The maximum absolute atomic E-state index is 10.8. The highest BCUT2D eigenvalue weighted by atomic mass is 16.1. The molecule has 0 unspecified atom stereocenters. The van der Waals surface area contributed by atoms with Crippen LogP contribution in [0, 0.1) is 11.8 Å². The molecule has 0 amide bonds. The first kappa shape index (κ1) is 14.3. The van der Waals surface area contributed by atoms with Crippen molar-refractivity contribution in [3.8, 4) is 0 Å². The molecule has 0 spiro atoms. The number of carbonyl (C=O) groups is 2. The van der Waals surface area contributed by atoms with E-state index in [1.54, 1.807) is 0 Å². The fraction of sp³-hybridized carbons (Fsp3) is 0.846. The van der Waals surface area contributed by atoms with Crippen molar-refractivity contribution in [2.24, 2.45) is 11.8 Å². The first-order chi connectivity index (χ1) is 6.95. The Hall–Kier alpha value is -0.660. The Morgan fingerprint density at radius 2 is 1.33 bits per heavy atom. The molecule has 0 aromatic heterocycles. The first-order valence-electron chi connectivity index (χ1n) is 6.00. The van der Waals surface area contributed by atoms with Gasteiger partial charge in [-0.3, -0.25) is 9.59 Å². The lowest BCUT2D eigenvalue weighted by atomic mass is 9.99. The van der Waals surface area contributed by atoms with E-state index in [4.69, 9.17) is 0 Å². The van der Waals surface area contributed by atoms with Crippen molar-refractivity contribution in [3.63, 3.8) is 0 Å². The van der Waals surface area contributed by atoms with Crippen molar-refractivity contribution < 1.29 is 9.59 Å². The smallest absolute Gasteiger partial charge is 0.137 e. The van der Waals surface area contributed by atoms with Gasteiger partial charge in [0, 0.05) is 24.7 Å². The summed E-state index contributed by atoms with van der Waals surface area (Å²) in [5.41, 5.74) is 0. The molecule has 0 bridgehead atoms. The highest BCUT2D eigenvalue weighted by Crippen LogP contribution is 2.12. The predicted molar refractivity (Wildman–Crippen MR) is 62.8 cm³/mol. The Bertz CT molecular complexity index is 187. The summed E-state index contributed by atoms with van der Waals surface area (Å²) in [7, 11) is 0. The largest absolute Gasteiger partial charge is 0.300 e. The summed E-state index contributed by atoms with van der Waals surface area (Å²) in [6.07, 6.45) is 5.24. The maximum Gasteiger partial charge on any atom is 0.137 e. The summed E-state index contributed by atoms with van der Waals surface area (Å²) in [4.78, 5) is 21.3. The van der Waals surface area contributed by atoms with E-state index in [1.807, 2.05) is 27.7 Å². The van der Waals surface area contributed by atoms with Crippen LogP contribution in [0.15, 0.2) is 0 Å². The number of hydrogen-bond donors (Lipinski definition) is 0. The van der Waals surface area contributed by atoms with E-state index in [2.05, 4.69) is 0 Å². The van der Waals surface area contributed by atoms with Crippen LogP contribution >= 0.6 is 0 Å². The molecular weight excluding hydrogens is 188 g/mol. The molecule has 0 aliphatic heterocycles. The molecular formula is C13H24O2. The van der Waals surface area contributed by atoms with Crippen LogP contribution in [0.25, 0.3) is 0 Å². The summed E-state index contributed by atoms with van der Waals surface area (Å²) < 4.78 is 0. The molecule has 0 N–H and O–H groups in total. The standard InChI is InChI=1S/C7H14O.C6H10O/c1-5(2)7(8)6(3)4;7-6-4-2-1-3-5-6/h5-6H,1-4H3;1-5H2. The monoisotopic (exact) mass is 212 g/mol. The van der Waals surface area contributed by atoms with Crippen molar-refractivity contribution in [3.05, 3.63) is 0 Å². The molecule has 0 radical (unpaired) electrons. The fourth-order valence-corrected chi connectivity index (χ4v) is 1.61. The molecule has 0 saturated heterocycles. The molecule has 0 atom stereocenters. The summed E-state index contributed by atoms with van der Waals surface area (Å²) in [6.45, 7) is 7.73. The second kappa shape index (κ2) is 7.61. The molecule has 1 saturated carbocycles. The molecule has 0 aromatic carbocycles. The third-order valence-corrected chi connectivity index (χ3v) is 2.55. The molecule has 1 fully saturated rings. The molecule has 15 heavy (non-hydrogen) atoms. The van der Waals surface area contributed by atoms with Crippen molar-refractivity contribution in [2.75, 3.05) is 0 Å². The second-order valence-electron chi connectivity index (χ2n) is 4.81. The summed E-state index contributed by atoms with van der Waals surface area (Å²) in [6, 6.07) is 0. The average Bonchev–Trinajstić information content (AvgIpc) is 2.18. The van der Waals surface area contributed by atoms with Crippen LogP contribution in [0.2, 0.25) is 0 Å². The number of rotatable bonds is 2. The van der Waals surface area contributed by atoms with Crippen LogP contribution in [-0.4, -0.2) is 11.6 Å². The van der Waals surface area contributed by atoms with Gasteiger partial charge >= 0.3 is 0 Å². The van der Waals surface area contributed by atoms with Gasteiger partial charge in [-0.25, -0.2) is 0 Å². The third kappa shape index (κ3) is 7.29. The fourth-order valence-electron chi connectivity index (χ4n) is 1.61. The molecule has 2 heteroatoms.